The van der Waals surface area contributed by atoms with Crippen molar-refractivity contribution in [1.82, 2.24) is 9.97 Å². The number of methoxy groups -OCH3 is 1. The Morgan fingerprint density at radius 1 is 0.778 bits per heavy atom. The van der Waals surface area contributed by atoms with Crippen LogP contribution in [0, 0.1) is 13.8 Å². The van der Waals surface area contributed by atoms with Gasteiger partial charge in [-0.3, -0.25) is 0 Å². The summed E-state index contributed by atoms with van der Waals surface area (Å²) in [6.07, 6.45) is 0. The molecular formula is C23H21N3O. The van der Waals surface area contributed by atoms with Gasteiger partial charge in [-0.1, -0.05) is 48.5 Å². The fourth-order valence-corrected chi connectivity index (χ4v) is 3.18. The summed E-state index contributed by atoms with van der Waals surface area (Å²) in [6, 6.07) is 22.1. The number of benzene rings is 3. The van der Waals surface area contributed by atoms with Crippen LogP contribution in [0.4, 0.5) is 11.5 Å². The number of fused-ring (bicyclic) bond motifs is 1. The molecular weight excluding hydrogens is 334 g/mol. The molecule has 0 spiro atoms. The van der Waals surface area contributed by atoms with E-state index in [1.807, 2.05) is 48.5 Å². The highest BCUT2D eigenvalue weighted by Crippen LogP contribution is 2.32. The highest BCUT2D eigenvalue weighted by Gasteiger charge is 2.14. The van der Waals surface area contributed by atoms with Crippen molar-refractivity contribution >= 4 is 22.5 Å². The predicted molar refractivity (Wildman–Crippen MR) is 111 cm³/mol. The van der Waals surface area contributed by atoms with E-state index in [0.717, 1.165) is 39.5 Å². The van der Waals surface area contributed by atoms with E-state index in [-0.39, 0.29) is 0 Å². The maximum Gasteiger partial charge on any atom is 0.157 e. The minimum absolute atomic E-state index is 0.747. The Morgan fingerprint density at radius 2 is 1.52 bits per heavy atom. The summed E-state index contributed by atoms with van der Waals surface area (Å²) in [5, 5.41) is 3.52. The molecule has 0 unspecified atom stereocenters. The largest absolute Gasteiger partial charge is 0.497 e. The van der Waals surface area contributed by atoms with Gasteiger partial charge in [0.2, 0.25) is 0 Å². The van der Waals surface area contributed by atoms with Gasteiger partial charge in [0.1, 0.15) is 11.4 Å². The second-order valence-corrected chi connectivity index (χ2v) is 6.53. The van der Waals surface area contributed by atoms with Crippen molar-refractivity contribution in [2.45, 2.75) is 13.8 Å². The maximum atomic E-state index is 5.34. The third kappa shape index (κ3) is 3.34. The van der Waals surface area contributed by atoms with Crippen LogP contribution in [-0.2, 0) is 0 Å². The molecule has 0 aliphatic carbocycles. The Labute approximate surface area is 158 Å². The highest BCUT2D eigenvalue weighted by molar-refractivity contribution is 5.86. The fraction of sp³-hybridized carbons (Fsp3) is 0.130. The molecule has 0 fully saturated rings. The van der Waals surface area contributed by atoms with E-state index in [1.165, 1.54) is 11.1 Å². The zero-order chi connectivity index (χ0) is 18.8. The monoisotopic (exact) mass is 355 g/mol. The van der Waals surface area contributed by atoms with Crippen LogP contribution in [0.25, 0.3) is 22.3 Å². The van der Waals surface area contributed by atoms with Gasteiger partial charge in [-0.2, -0.15) is 0 Å². The third-order valence-corrected chi connectivity index (χ3v) is 4.64. The standard InChI is InChI=1S/C23H21N3O/c1-15-8-7-9-16(2)21(15)26-23-22(17-10-5-4-6-11-17)24-20-14-18(27-3)12-13-19(20)25-23/h4-14H,1-3H3,(H,25,26). The van der Waals surface area contributed by atoms with Crippen molar-refractivity contribution in [2.24, 2.45) is 0 Å². The molecule has 0 atom stereocenters. The number of nitrogens with one attached hydrogen (secondary N) is 1. The van der Waals surface area contributed by atoms with Crippen LogP contribution in [0.15, 0.2) is 66.7 Å². The summed E-state index contributed by atoms with van der Waals surface area (Å²) in [7, 11) is 1.66. The van der Waals surface area contributed by atoms with Gasteiger partial charge >= 0.3 is 0 Å². The van der Waals surface area contributed by atoms with E-state index >= 15 is 0 Å². The zero-order valence-corrected chi connectivity index (χ0v) is 15.7. The normalized spacial score (nSPS) is 10.8. The molecule has 4 nitrogen and oxygen atoms in total. The first-order valence-corrected chi connectivity index (χ1v) is 8.90. The van der Waals surface area contributed by atoms with Crippen molar-refractivity contribution in [1.29, 1.82) is 0 Å². The minimum Gasteiger partial charge on any atom is -0.497 e. The third-order valence-electron chi connectivity index (χ3n) is 4.64. The molecule has 0 amide bonds. The highest BCUT2D eigenvalue weighted by atomic mass is 16.5. The second kappa shape index (κ2) is 7.08. The van der Waals surface area contributed by atoms with E-state index < -0.39 is 0 Å². The van der Waals surface area contributed by atoms with E-state index in [4.69, 9.17) is 14.7 Å². The first-order chi connectivity index (χ1) is 13.2. The van der Waals surface area contributed by atoms with Crippen LogP contribution in [0.2, 0.25) is 0 Å². The smallest absolute Gasteiger partial charge is 0.157 e. The predicted octanol–water partition coefficient (Wildman–Crippen LogP) is 5.67. The van der Waals surface area contributed by atoms with Crippen molar-refractivity contribution in [3.05, 3.63) is 77.9 Å². The molecule has 0 bridgehead atoms. The van der Waals surface area contributed by atoms with E-state index in [2.05, 4.69) is 37.4 Å². The van der Waals surface area contributed by atoms with Gasteiger partial charge in [0.05, 0.1) is 18.1 Å². The summed E-state index contributed by atoms with van der Waals surface area (Å²) >= 11 is 0. The Hall–Kier alpha value is -3.40. The lowest BCUT2D eigenvalue weighted by molar-refractivity contribution is 0.415. The van der Waals surface area contributed by atoms with E-state index in [9.17, 15) is 0 Å². The van der Waals surface area contributed by atoms with Crippen molar-refractivity contribution < 1.29 is 4.74 Å². The summed E-state index contributed by atoms with van der Waals surface area (Å²) in [6.45, 7) is 4.19. The molecule has 1 N–H and O–H groups in total. The van der Waals surface area contributed by atoms with E-state index in [0.29, 0.717) is 0 Å². The molecule has 1 heterocycles. The summed E-state index contributed by atoms with van der Waals surface area (Å²) in [4.78, 5) is 9.78. The Kier molecular flexibility index (Phi) is 4.47. The number of para-hydroxylation sites is 1. The van der Waals surface area contributed by atoms with Gasteiger partial charge in [-0.15, -0.1) is 0 Å². The molecule has 4 rings (SSSR count). The lowest BCUT2D eigenvalue weighted by Gasteiger charge is -2.16. The first-order valence-electron chi connectivity index (χ1n) is 8.90. The number of hydrogen-bond acceptors (Lipinski definition) is 4. The minimum atomic E-state index is 0.747. The number of rotatable bonds is 4. The average molecular weight is 355 g/mol. The Balaban J connectivity index is 1.92. The molecule has 4 aromatic rings. The molecule has 3 aromatic carbocycles. The van der Waals surface area contributed by atoms with Gasteiger partial charge in [-0.25, -0.2) is 9.97 Å². The topological polar surface area (TPSA) is 47.0 Å². The van der Waals surface area contributed by atoms with Crippen LogP contribution < -0.4 is 10.1 Å². The van der Waals surface area contributed by atoms with Crippen LogP contribution in [0.3, 0.4) is 0 Å². The number of aryl methyl sites for hydroxylation is 2. The van der Waals surface area contributed by atoms with Gasteiger partial charge in [0, 0.05) is 17.3 Å². The zero-order valence-electron chi connectivity index (χ0n) is 15.7. The van der Waals surface area contributed by atoms with Crippen molar-refractivity contribution in [3.8, 4) is 17.0 Å². The van der Waals surface area contributed by atoms with E-state index in [1.54, 1.807) is 7.11 Å². The molecule has 0 saturated carbocycles. The fourth-order valence-electron chi connectivity index (χ4n) is 3.18. The molecule has 4 heteroatoms. The first kappa shape index (κ1) is 17.0. The van der Waals surface area contributed by atoms with Crippen LogP contribution in [0.1, 0.15) is 11.1 Å². The Morgan fingerprint density at radius 3 is 2.22 bits per heavy atom. The number of nitrogens with zero attached hydrogens (tertiary/aromatic N) is 2. The summed E-state index contributed by atoms with van der Waals surface area (Å²) in [5.41, 5.74) is 6.88. The van der Waals surface area contributed by atoms with Crippen molar-refractivity contribution in [3.63, 3.8) is 0 Å². The van der Waals surface area contributed by atoms with Gasteiger partial charge in [-0.05, 0) is 37.1 Å². The molecule has 1 aromatic heterocycles. The van der Waals surface area contributed by atoms with Gasteiger partial charge in [0.15, 0.2) is 5.82 Å². The number of anilines is 2. The average Bonchev–Trinajstić information content (AvgIpc) is 2.70. The van der Waals surface area contributed by atoms with Crippen LogP contribution >= 0.6 is 0 Å². The second-order valence-electron chi connectivity index (χ2n) is 6.53. The van der Waals surface area contributed by atoms with Crippen LogP contribution in [0.5, 0.6) is 5.75 Å². The quantitative estimate of drug-likeness (QED) is 0.513. The lowest BCUT2D eigenvalue weighted by atomic mass is 10.1. The van der Waals surface area contributed by atoms with Crippen molar-refractivity contribution in [2.75, 3.05) is 12.4 Å². The number of hydrogen-bond donors (Lipinski definition) is 1. The summed E-state index contributed by atoms with van der Waals surface area (Å²) < 4.78 is 5.34. The molecule has 0 radical (unpaired) electrons. The van der Waals surface area contributed by atoms with Gasteiger partial charge in [0.25, 0.3) is 0 Å². The molecule has 134 valence electrons. The molecule has 0 aliphatic rings. The molecule has 0 saturated heterocycles. The Bertz CT molecular complexity index is 1090. The van der Waals surface area contributed by atoms with Gasteiger partial charge < -0.3 is 10.1 Å². The molecule has 27 heavy (non-hydrogen) atoms. The number of ether oxygens (including phenoxy) is 1. The van der Waals surface area contributed by atoms with Crippen LogP contribution in [-0.4, -0.2) is 17.1 Å². The summed E-state index contributed by atoms with van der Waals surface area (Å²) in [5.74, 6) is 1.52. The maximum absolute atomic E-state index is 5.34. The SMILES string of the molecule is COc1ccc2nc(Nc3c(C)cccc3C)c(-c3ccccc3)nc2c1. The molecule has 0 aliphatic heterocycles. The number of aromatic nitrogens is 2. The lowest BCUT2D eigenvalue weighted by Crippen LogP contribution is -2.03.